The van der Waals surface area contributed by atoms with Crippen molar-refractivity contribution < 1.29 is 9.46 Å². The standard InChI is InChI=1S/C19H13N3O2S/c23-21-9-3-1-6-17(21)15-12-14(19-8-5-11-25-19)13-16(20-15)18-7-2-4-10-22(18)24/h1-13H. The number of nitrogens with zero attached hydrogens (tertiary/aromatic N) is 3. The van der Waals surface area contributed by atoms with Crippen LogP contribution in [0.4, 0.5) is 0 Å². The molecule has 0 aliphatic heterocycles. The van der Waals surface area contributed by atoms with Crippen LogP contribution in [-0.4, -0.2) is 4.98 Å². The van der Waals surface area contributed by atoms with E-state index in [0.717, 1.165) is 19.9 Å². The van der Waals surface area contributed by atoms with Gasteiger partial charge in [0.05, 0.1) is 0 Å². The molecule has 4 rings (SSSR count). The largest absolute Gasteiger partial charge is 0.618 e. The fourth-order valence-corrected chi connectivity index (χ4v) is 3.35. The number of pyridine rings is 3. The predicted octanol–water partition coefficient (Wildman–Crippen LogP) is 3.41. The number of hydrogen-bond donors (Lipinski definition) is 0. The molecule has 0 saturated heterocycles. The topological polar surface area (TPSA) is 66.8 Å². The van der Waals surface area contributed by atoms with Crippen molar-refractivity contribution >= 4 is 11.3 Å². The van der Waals surface area contributed by atoms with E-state index in [1.165, 1.54) is 12.4 Å². The smallest absolute Gasteiger partial charge is 0.242 e. The molecule has 0 atom stereocenters. The maximum absolute atomic E-state index is 12.1. The van der Waals surface area contributed by atoms with Gasteiger partial charge in [-0.1, -0.05) is 6.07 Å². The molecule has 4 aromatic heterocycles. The van der Waals surface area contributed by atoms with E-state index in [4.69, 9.17) is 0 Å². The Balaban J connectivity index is 1.96. The van der Waals surface area contributed by atoms with E-state index in [0.29, 0.717) is 22.8 Å². The first kappa shape index (κ1) is 15.3. The Bertz CT molecular complexity index is 969. The Morgan fingerprint density at radius 2 is 1.36 bits per heavy atom. The van der Waals surface area contributed by atoms with Crippen LogP contribution in [0.3, 0.4) is 0 Å². The zero-order chi connectivity index (χ0) is 17.2. The molecule has 25 heavy (non-hydrogen) atoms. The van der Waals surface area contributed by atoms with Gasteiger partial charge >= 0.3 is 0 Å². The predicted molar refractivity (Wildman–Crippen MR) is 96.3 cm³/mol. The molecule has 0 amide bonds. The molecule has 0 aliphatic rings. The fraction of sp³-hybridized carbons (Fsp3) is 0. The zero-order valence-corrected chi connectivity index (χ0v) is 13.9. The summed E-state index contributed by atoms with van der Waals surface area (Å²) in [4.78, 5) is 5.62. The van der Waals surface area contributed by atoms with Crippen LogP contribution in [-0.2, 0) is 0 Å². The Morgan fingerprint density at radius 3 is 1.84 bits per heavy atom. The first-order valence-corrected chi connectivity index (χ1v) is 8.53. The van der Waals surface area contributed by atoms with Crippen molar-refractivity contribution in [3.05, 3.63) is 88.9 Å². The van der Waals surface area contributed by atoms with Gasteiger partial charge in [-0.2, -0.15) is 9.46 Å². The molecule has 0 saturated carbocycles. The van der Waals surface area contributed by atoms with Gasteiger partial charge in [-0.3, -0.25) is 0 Å². The summed E-state index contributed by atoms with van der Waals surface area (Å²) in [6, 6.07) is 18.1. The van der Waals surface area contributed by atoms with Gasteiger partial charge in [0.2, 0.25) is 11.4 Å². The summed E-state index contributed by atoms with van der Waals surface area (Å²) in [5.41, 5.74) is 2.86. The van der Waals surface area contributed by atoms with E-state index in [1.54, 1.807) is 47.7 Å². The first-order chi connectivity index (χ1) is 12.2. The van der Waals surface area contributed by atoms with Crippen molar-refractivity contribution in [1.82, 2.24) is 4.98 Å². The number of hydrogen-bond acceptors (Lipinski definition) is 4. The van der Waals surface area contributed by atoms with E-state index < -0.39 is 0 Å². The maximum Gasteiger partial charge on any atom is 0.242 e. The van der Waals surface area contributed by atoms with Crippen molar-refractivity contribution in [2.45, 2.75) is 0 Å². The third-order valence-electron chi connectivity index (χ3n) is 3.80. The minimum absolute atomic E-state index is 0.440. The Morgan fingerprint density at radius 1 is 0.760 bits per heavy atom. The Kier molecular flexibility index (Phi) is 3.87. The van der Waals surface area contributed by atoms with Crippen molar-refractivity contribution in [3.63, 3.8) is 0 Å². The molecule has 5 nitrogen and oxygen atoms in total. The van der Waals surface area contributed by atoms with Crippen LogP contribution in [0, 0.1) is 10.4 Å². The summed E-state index contributed by atoms with van der Waals surface area (Å²) >= 11 is 1.59. The number of thiophene rings is 1. The molecule has 0 unspecified atom stereocenters. The fourth-order valence-electron chi connectivity index (χ4n) is 2.63. The third-order valence-corrected chi connectivity index (χ3v) is 4.72. The summed E-state index contributed by atoms with van der Waals surface area (Å²) in [5, 5.41) is 26.3. The SMILES string of the molecule is [O-][n+]1ccccc1-c1cc(-c2cccs2)cc(-c2cccc[n+]2[O-])n1. The highest BCUT2D eigenvalue weighted by molar-refractivity contribution is 7.13. The van der Waals surface area contributed by atoms with Crippen LogP contribution in [0.2, 0.25) is 0 Å². The zero-order valence-electron chi connectivity index (χ0n) is 13.1. The van der Waals surface area contributed by atoms with E-state index in [2.05, 4.69) is 4.98 Å². The van der Waals surface area contributed by atoms with Gasteiger partial charge in [-0.05, 0) is 41.3 Å². The monoisotopic (exact) mass is 347 g/mol. The molecule has 0 spiro atoms. The lowest BCUT2D eigenvalue weighted by atomic mass is 10.1. The van der Waals surface area contributed by atoms with Gasteiger partial charge in [0.1, 0.15) is 11.4 Å². The molecule has 0 bridgehead atoms. The van der Waals surface area contributed by atoms with Crippen LogP contribution in [0.25, 0.3) is 33.2 Å². The quantitative estimate of drug-likeness (QED) is 0.421. The highest BCUT2D eigenvalue weighted by atomic mass is 32.1. The minimum atomic E-state index is 0.440. The van der Waals surface area contributed by atoms with Crippen LogP contribution >= 0.6 is 11.3 Å². The average molecular weight is 347 g/mol. The highest BCUT2D eigenvalue weighted by Crippen LogP contribution is 2.30. The van der Waals surface area contributed by atoms with E-state index in [1.807, 2.05) is 29.6 Å². The first-order valence-electron chi connectivity index (χ1n) is 7.65. The lowest BCUT2D eigenvalue weighted by Crippen LogP contribution is -2.29. The summed E-state index contributed by atoms with van der Waals surface area (Å²) < 4.78 is 1.56. The van der Waals surface area contributed by atoms with Gasteiger partial charge in [-0.15, -0.1) is 11.3 Å². The third kappa shape index (κ3) is 2.95. The van der Waals surface area contributed by atoms with E-state index in [-0.39, 0.29) is 0 Å². The molecule has 0 aliphatic carbocycles. The minimum Gasteiger partial charge on any atom is -0.618 e. The molecule has 0 fully saturated rings. The summed E-state index contributed by atoms with van der Waals surface area (Å²) in [5.74, 6) is 0. The number of aromatic nitrogens is 3. The Labute approximate surface area is 148 Å². The van der Waals surface area contributed by atoms with Gasteiger partial charge in [0.15, 0.2) is 12.4 Å². The maximum atomic E-state index is 12.1. The van der Waals surface area contributed by atoms with E-state index in [9.17, 15) is 10.4 Å². The van der Waals surface area contributed by atoms with Crippen molar-refractivity contribution in [3.8, 4) is 33.2 Å². The molecular formula is C19H13N3O2S. The van der Waals surface area contributed by atoms with Crippen LogP contribution in [0.5, 0.6) is 0 Å². The lowest BCUT2D eigenvalue weighted by Gasteiger charge is -2.09. The average Bonchev–Trinajstić information content (AvgIpc) is 3.17. The molecule has 4 aromatic rings. The normalized spacial score (nSPS) is 10.7. The molecule has 4 heterocycles. The molecule has 0 N–H and O–H groups in total. The van der Waals surface area contributed by atoms with Crippen LogP contribution < -0.4 is 9.46 Å². The highest BCUT2D eigenvalue weighted by Gasteiger charge is 2.17. The Hall–Kier alpha value is -3.25. The second-order valence-corrected chi connectivity index (χ2v) is 6.37. The van der Waals surface area contributed by atoms with Crippen LogP contribution in [0.15, 0.2) is 78.4 Å². The van der Waals surface area contributed by atoms with Crippen LogP contribution in [0.1, 0.15) is 0 Å². The second kappa shape index (κ2) is 6.33. The second-order valence-electron chi connectivity index (χ2n) is 5.43. The summed E-state index contributed by atoms with van der Waals surface area (Å²) in [6.07, 6.45) is 2.87. The van der Waals surface area contributed by atoms with Gasteiger partial charge in [0.25, 0.3) is 0 Å². The van der Waals surface area contributed by atoms with Crippen molar-refractivity contribution in [2.75, 3.05) is 0 Å². The van der Waals surface area contributed by atoms with Crippen molar-refractivity contribution in [2.24, 2.45) is 0 Å². The van der Waals surface area contributed by atoms with Gasteiger partial charge in [0, 0.05) is 29.1 Å². The lowest BCUT2D eigenvalue weighted by molar-refractivity contribution is -0.594. The number of rotatable bonds is 3. The van der Waals surface area contributed by atoms with Gasteiger partial charge in [-0.25, -0.2) is 4.98 Å². The van der Waals surface area contributed by atoms with Crippen molar-refractivity contribution in [1.29, 1.82) is 0 Å². The summed E-state index contributed by atoms with van der Waals surface area (Å²) in [7, 11) is 0. The molecule has 6 heteroatoms. The molecule has 0 aromatic carbocycles. The van der Waals surface area contributed by atoms with E-state index >= 15 is 0 Å². The molecule has 0 radical (unpaired) electrons. The molecule has 122 valence electrons. The summed E-state index contributed by atoms with van der Waals surface area (Å²) in [6.45, 7) is 0. The molecular weight excluding hydrogens is 334 g/mol. The van der Waals surface area contributed by atoms with Gasteiger partial charge < -0.3 is 10.4 Å².